The van der Waals surface area contributed by atoms with E-state index in [1.54, 1.807) is 0 Å². The van der Waals surface area contributed by atoms with Gasteiger partial charge in [-0.3, -0.25) is 0 Å². The van der Waals surface area contributed by atoms with E-state index >= 15 is 0 Å². The number of nitrogens with zero attached hydrogens (tertiary/aromatic N) is 1. The van der Waals surface area contributed by atoms with Crippen LogP contribution in [0, 0.1) is 11.3 Å². The van der Waals surface area contributed by atoms with Gasteiger partial charge in [0.2, 0.25) is 0 Å². The molecule has 0 saturated heterocycles. The number of benzene rings is 1. The van der Waals surface area contributed by atoms with Gasteiger partial charge in [-0.05, 0) is 25.0 Å². The van der Waals surface area contributed by atoms with Crippen LogP contribution in [0.3, 0.4) is 0 Å². The van der Waals surface area contributed by atoms with E-state index in [0.717, 1.165) is 24.3 Å². The van der Waals surface area contributed by atoms with Crippen molar-refractivity contribution < 1.29 is 0 Å². The maximum atomic E-state index is 9.00. The van der Waals surface area contributed by atoms with Crippen LogP contribution in [-0.2, 0) is 0 Å². The second-order valence-electron chi connectivity index (χ2n) is 5.23. The Bertz CT molecular complexity index is 414. The van der Waals surface area contributed by atoms with Crippen LogP contribution < -0.4 is 10.6 Å². The fraction of sp³-hybridized carbons (Fsp3) is 0.562. The maximum Gasteiger partial charge on any atom is 0.101 e. The number of hydrogen-bond donors (Lipinski definition) is 2. The third kappa shape index (κ3) is 4.57. The molecule has 102 valence electrons. The fourth-order valence-electron chi connectivity index (χ4n) is 2.69. The average Bonchev–Trinajstić information content (AvgIpc) is 2.72. The van der Waals surface area contributed by atoms with Crippen LogP contribution in [0.4, 0.5) is 5.69 Å². The van der Waals surface area contributed by atoms with E-state index in [1.165, 1.54) is 38.5 Å². The van der Waals surface area contributed by atoms with Gasteiger partial charge < -0.3 is 10.6 Å². The highest BCUT2D eigenvalue weighted by Gasteiger charge is 2.10. The van der Waals surface area contributed by atoms with E-state index in [2.05, 4.69) is 16.7 Å². The monoisotopic (exact) mass is 257 g/mol. The molecule has 0 aromatic heterocycles. The molecule has 1 saturated carbocycles. The number of para-hydroxylation sites is 1. The Morgan fingerprint density at radius 3 is 2.53 bits per heavy atom. The van der Waals surface area contributed by atoms with Crippen molar-refractivity contribution in [1.82, 2.24) is 5.32 Å². The molecule has 19 heavy (non-hydrogen) atoms. The van der Waals surface area contributed by atoms with Gasteiger partial charge in [-0.25, -0.2) is 0 Å². The molecular weight excluding hydrogens is 234 g/mol. The normalized spacial score (nSPS) is 16.6. The molecular formula is C16H23N3. The lowest BCUT2D eigenvalue weighted by atomic mass is 10.1. The van der Waals surface area contributed by atoms with Crippen molar-refractivity contribution in [3.8, 4) is 6.07 Å². The predicted molar refractivity (Wildman–Crippen MR) is 79.1 cm³/mol. The Labute approximate surface area is 116 Å². The van der Waals surface area contributed by atoms with Gasteiger partial charge in [0, 0.05) is 19.1 Å². The highest BCUT2D eigenvalue weighted by molar-refractivity contribution is 5.57. The topological polar surface area (TPSA) is 47.9 Å². The van der Waals surface area contributed by atoms with Gasteiger partial charge in [0.15, 0.2) is 0 Å². The van der Waals surface area contributed by atoms with Crippen LogP contribution in [0.1, 0.15) is 44.1 Å². The number of hydrogen-bond acceptors (Lipinski definition) is 3. The Hall–Kier alpha value is -1.53. The molecule has 2 N–H and O–H groups in total. The van der Waals surface area contributed by atoms with Gasteiger partial charge in [-0.15, -0.1) is 0 Å². The van der Waals surface area contributed by atoms with E-state index in [9.17, 15) is 0 Å². The van der Waals surface area contributed by atoms with E-state index in [1.807, 2.05) is 24.3 Å². The summed E-state index contributed by atoms with van der Waals surface area (Å²) >= 11 is 0. The van der Waals surface area contributed by atoms with Crippen molar-refractivity contribution in [2.75, 3.05) is 18.4 Å². The maximum absolute atomic E-state index is 9.00. The zero-order valence-electron chi connectivity index (χ0n) is 11.5. The van der Waals surface area contributed by atoms with Crippen LogP contribution in [0.2, 0.25) is 0 Å². The van der Waals surface area contributed by atoms with Crippen molar-refractivity contribution in [3.63, 3.8) is 0 Å². The summed E-state index contributed by atoms with van der Waals surface area (Å²) in [5, 5.41) is 16.0. The minimum atomic E-state index is 0.690. The van der Waals surface area contributed by atoms with E-state index in [0.29, 0.717) is 6.04 Å². The molecule has 0 unspecified atom stereocenters. The predicted octanol–water partition coefficient (Wildman–Crippen LogP) is 3.28. The van der Waals surface area contributed by atoms with Crippen LogP contribution in [-0.4, -0.2) is 19.1 Å². The molecule has 0 spiro atoms. The molecule has 3 heteroatoms. The molecule has 0 heterocycles. The summed E-state index contributed by atoms with van der Waals surface area (Å²) in [6, 6.07) is 10.6. The summed E-state index contributed by atoms with van der Waals surface area (Å²) in [6.45, 7) is 1.83. The molecule has 0 aliphatic heterocycles. The van der Waals surface area contributed by atoms with Crippen LogP contribution in [0.25, 0.3) is 0 Å². The van der Waals surface area contributed by atoms with Gasteiger partial charge >= 0.3 is 0 Å². The molecule has 1 fully saturated rings. The van der Waals surface area contributed by atoms with Crippen LogP contribution in [0.15, 0.2) is 24.3 Å². The molecule has 1 aromatic carbocycles. The third-order valence-electron chi connectivity index (χ3n) is 3.78. The van der Waals surface area contributed by atoms with Crippen molar-refractivity contribution in [2.45, 2.75) is 44.6 Å². The Balaban J connectivity index is 1.70. The van der Waals surface area contributed by atoms with Crippen molar-refractivity contribution in [3.05, 3.63) is 29.8 Å². The largest absolute Gasteiger partial charge is 0.383 e. The molecule has 0 bridgehead atoms. The van der Waals surface area contributed by atoms with Crippen LogP contribution in [0.5, 0.6) is 0 Å². The van der Waals surface area contributed by atoms with E-state index < -0.39 is 0 Å². The van der Waals surface area contributed by atoms with E-state index in [-0.39, 0.29) is 0 Å². The first-order valence-electron chi connectivity index (χ1n) is 7.36. The zero-order valence-corrected chi connectivity index (χ0v) is 11.5. The third-order valence-corrected chi connectivity index (χ3v) is 3.78. The Morgan fingerprint density at radius 1 is 1.05 bits per heavy atom. The summed E-state index contributed by atoms with van der Waals surface area (Å²) < 4.78 is 0. The first-order valence-corrected chi connectivity index (χ1v) is 7.36. The first kappa shape index (κ1) is 13.9. The highest BCUT2D eigenvalue weighted by Crippen LogP contribution is 2.17. The first-order chi connectivity index (χ1) is 9.40. The quantitative estimate of drug-likeness (QED) is 0.628. The lowest BCUT2D eigenvalue weighted by Crippen LogP contribution is -2.32. The zero-order chi connectivity index (χ0) is 13.3. The smallest absolute Gasteiger partial charge is 0.101 e. The number of nitrogens with one attached hydrogen (secondary N) is 2. The molecule has 2 rings (SSSR count). The average molecular weight is 257 g/mol. The summed E-state index contributed by atoms with van der Waals surface area (Å²) in [5.41, 5.74) is 1.66. The molecule has 0 amide bonds. The van der Waals surface area contributed by atoms with Crippen molar-refractivity contribution in [1.29, 1.82) is 5.26 Å². The van der Waals surface area contributed by atoms with Crippen LogP contribution >= 0.6 is 0 Å². The Kier molecular flexibility index (Phi) is 5.71. The molecule has 1 aliphatic rings. The van der Waals surface area contributed by atoms with E-state index in [4.69, 9.17) is 5.26 Å². The summed E-state index contributed by atoms with van der Waals surface area (Å²) in [4.78, 5) is 0. The molecule has 3 nitrogen and oxygen atoms in total. The van der Waals surface area contributed by atoms with Crippen molar-refractivity contribution >= 4 is 5.69 Å². The Morgan fingerprint density at radius 2 is 1.79 bits per heavy atom. The number of anilines is 1. The number of rotatable bonds is 5. The van der Waals surface area contributed by atoms with Gasteiger partial charge in [0.25, 0.3) is 0 Å². The lowest BCUT2D eigenvalue weighted by molar-refractivity contribution is 0.468. The molecule has 0 radical (unpaired) electrons. The van der Waals surface area contributed by atoms with Gasteiger partial charge in [0.05, 0.1) is 11.3 Å². The second kappa shape index (κ2) is 7.81. The SMILES string of the molecule is N#Cc1ccccc1NCCNC1CCCCCC1. The minimum Gasteiger partial charge on any atom is -0.383 e. The number of nitriles is 1. The second-order valence-corrected chi connectivity index (χ2v) is 5.23. The lowest BCUT2D eigenvalue weighted by Gasteiger charge is -2.16. The minimum absolute atomic E-state index is 0.690. The highest BCUT2D eigenvalue weighted by atomic mass is 15.0. The molecule has 1 aromatic rings. The summed E-state index contributed by atoms with van der Waals surface area (Å²) in [6.07, 6.45) is 8.15. The summed E-state index contributed by atoms with van der Waals surface area (Å²) in [5.74, 6) is 0. The van der Waals surface area contributed by atoms with Gasteiger partial charge in [0.1, 0.15) is 6.07 Å². The standard InChI is InChI=1S/C16H23N3/c17-13-14-7-5-6-10-16(14)19-12-11-18-15-8-3-1-2-4-9-15/h5-7,10,15,18-19H,1-4,8-9,11-12H2. The summed E-state index contributed by atoms with van der Waals surface area (Å²) in [7, 11) is 0. The molecule has 1 aliphatic carbocycles. The fourth-order valence-corrected chi connectivity index (χ4v) is 2.69. The van der Waals surface area contributed by atoms with Gasteiger partial charge in [-0.2, -0.15) is 5.26 Å². The van der Waals surface area contributed by atoms with Crippen molar-refractivity contribution in [2.24, 2.45) is 0 Å². The van der Waals surface area contributed by atoms with Gasteiger partial charge in [-0.1, -0.05) is 37.8 Å². The molecule has 0 atom stereocenters.